The first-order valence-corrected chi connectivity index (χ1v) is 11.5. The van der Waals surface area contributed by atoms with Gasteiger partial charge in [0.15, 0.2) is 0 Å². The number of aromatic nitrogens is 2. The second kappa shape index (κ2) is 8.49. The second-order valence-electron chi connectivity index (χ2n) is 7.84. The molecular weight excluding hydrogens is 378 g/mol. The molecule has 6 nitrogen and oxygen atoms in total. The van der Waals surface area contributed by atoms with E-state index in [1.54, 1.807) is 23.1 Å². The topological polar surface area (TPSA) is 83.6 Å². The Kier molecular flexibility index (Phi) is 6.04. The third-order valence-electron chi connectivity index (χ3n) is 5.78. The van der Waals surface area contributed by atoms with Crippen LogP contribution in [0.5, 0.6) is 0 Å². The van der Waals surface area contributed by atoms with Crippen molar-refractivity contribution in [3.8, 4) is 0 Å². The van der Waals surface area contributed by atoms with Crippen LogP contribution in [0.2, 0.25) is 0 Å². The average Bonchev–Trinajstić information content (AvgIpc) is 3.36. The second-order valence-corrected chi connectivity index (χ2v) is 9.89. The Balaban J connectivity index is 1.42. The van der Waals surface area contributed by atoms with Crippen molar-refractivity contribution in [2.75, 3.05) is 19.8 Å². The number of rotatable bonds is 4. The number of ether oxygens (including phenoxy) is 1. The molecule has 0 spiro atoms. The molecule has 1 aliphatic carbocycles. The van der Waals surface area contributed by atoms with Gasteiger partial charge in [0, 0.05) is 42.5 Å². The molecule has 1 saturated carbocycles. The van der Waals surface area contributed by atoms with E-state index in [1.807, 2.05) is 0 Å². The first-order valence-electron chi connectivity index (χ1n) is 9.87. The quantitative estimate of drug-likeness (QED) is 0.736. The molecule has 0 amide bonds. The van der Waals surface area contributed by atoms with Crippen LogP contribution in [0.15, 0.2) is 9.98 Å². The molecule has 3 heterocycles. The average molecular weight is 406 g/mol. The Labute approximate surface area is 168 Å². The van der Waals surface area contributed by atoms with Crippen LogP contribution in [0.4, 0.5) is 5.13 Å². The highest BCUT2D eigenvalue weighted by atomic mass is 32.2. The Morgan fingerprint density at radius 3 is 2.85 bits per heavy atom. The minimum atomic E-state index is 0.273. The minimum absolute atomic E-state index is 0.273. The lowest BCUT2D eigenvalue weighted by molar-refractivity contribution is 0.193. The third-order valence-corrected chi connectivity index (χ3v) is 8.05. The van der Waals surface area contributed by atoms with Crippen molar-refractivity contribution in [2.24, 2.45) is 27.7 Å². The van der Waals surface area contributed by atoms with E-state index in [9.17, 15) is 0 Å². The summed E-state index contributed by atoms with van der Waals surface area (Å²) in [6.07, 6.45) is 5.65. The van der Waals surface area contributed by atoms with E-state index in [1.165, 1.54) is 17.9 Å². The smallest absolute Gasteiger partial charge is 0.231 e. The van der Waals surface area contributed by atoms with E-state index in [0.29, 0.717) is 17.8 Å². The van der Waals surface area contributed by atoms with E-state index >= 15 is 0 Å². The zero-order chi connectivity index (χ0) is 18.8. The molecule has 0 radical (unpaired) electrons. The maximum Gasteiger partial charge on any atom is 0.231 e. The molecule has 1 saturated heterocycles. The lowest BCUT2D eigenvalue weighted by atomic mass is 9.82. The summed E-state index contributed by atoms with van der Waals surface area (Å²) in [6.45, 7) is 6.54. The molecule has 1 aromatic rings. The van der Waals surface area contributed by atoms with Crippen molar-refractivity contribution in [1.82, 2.24) is 10.2 Å². The van der Waals surface area contributed by atoms with Gasteiger partial charge >= 0.3 is 0 Å². The fourth-order valence-corrected chi connectivity index (χ4v) is 5.89. The van der Waals surface area contributed by atoms with Crippen LogP contribution in [-0.2, 0) is 4.74 Å². The summed E-state index contributed by atoms with van der Waals surface area (Å²) < 4.78 is 5.46. The molecule has 3 aliphatic rings. The largest absolute Gasteiger partial charge is 0.381 e. The monoisotopic (exact) mass is 405 g/mol. The Bertz CT molecular complexity index is 753. The van der Waals surface area contributed by atoms with E-state index in [4.69, 9.17) is 20.1 Å². The number of hydrogen-bond acceptors (Lipinski definition) is 8. The van der Waals surface area contributed by atoms with Crippen molar-refractivity contribution < 1.29 is 4.74 Å². The van der Waals surface area contributed by atoms with Crippen LogP contribution in [0.3, 0.4) is 0 Å². The molecule has 4 unspecified atom stereocenters. The minimum Gasteiger partial charge on any atom is -0.381 e. The predicted octanol–water partition coefficient (Wildman–Crippen LogP) is 4.70. The maximum atomic E-state index is 8.14. The van der Waals surface area contributed by atoms with Gasteiger partial charge in [0.05, 0.1) is 16.7 Å². The van der Waals surface area contributed by atoms with Gasteiger partial charge in [0.25, 0.3) is 0 Å². The number of aliphatic imine (C=N–C) groups is 2. The molecule has 0 bridgehead atoms. The Hall–Kier alpha value is -1.12. The molecule has 2 fully saturated rings. The number of nitrogens with zero attached hydrogens (tertiary/aromatic N) is 4. The first-order chi connectivity index (χ1) is 13.1. The van der Waals surface area contributed by atoms with Crippen LogP contribution in [0, 0.1) is 23.2 Å². The maximum absolute atomic E-state index is 8.14. The summed E-state index contributed by atoms with van der Waals surface area (Å²) in [5.74, 6) is 1.61. The molecule has 0 aromatic carbocycles. The standard InChI is InChI=1S/C19H27N5OS2/c1-11-9-21-17(26-16(11)20)13-4-3-5-14(8-13)18-23-24-19(27-18)22-12(2)15-6-7-25-10-15/h11,13-15,20H,3-10H2,1-2H3. The summed E-state index contributed by atoms with van der Waals surface area (Å²) in [6, 6.07) is 0. The number of thioether (sulfide) groups is 1. The van der Waals surface area contributed by atoms with Crippen LogP contribution in [0.25, 0.3) is 0 Å². The van der Waals surface area contributed by atoms with E-state index < -0.39 is 0 Å². The molecule has 8 heteroatoms. The molecule has 4 atom stereocenters. The lowest BCUT2D eigenvalue weighted by Gasteiger charge is -2.30. The van der Waals surface area contributed by atoms with Crippen molar-refractivity contribution in [2.45, 2.75) is 51.9 Å². The zero-order valence-corrected chi connectivity index (χ0v) is 17.6. The fourth-order valence-electron chi connectivity index (χ4n) is 3.95. The normalized spacial score (nSPS) is 32.6. The van der Waals surface area contributed by atoms with Crippen molar-refractivity contribution in [3.05, 3.63) is 5.01 Å². The molecule has 146 valence electrons. The summed E-state index contributed by atoms with van der Waals surface area (Å²) in [4.78, 5) is 9.48. The van der Waals surface area contributed by atoms with Crippen LogP contribution < -0.4 is 0 Å². The summed E-state index contributed by atoms with van der Waals surface area (Å²) in [5.41, 5.74) is 1.11. The summed E-state index contributed by atoms with van der Waals surface area (Å²) in [5, 5.41) is 20.8. The Morgan fingerprint density at radius 2 is 2.07 bits per heavy atom. The lowest BCUT2D eigenvalue weighted by Crippen LogP contribution is -2.26. The highest BCUT2D eigenvalue weighted by Crippen LogP contribution is 2.41. The van der Waals surface area contributed by atoms with Crippen molar-refractivity contribution >= 4 is 44.0 Å². The van der Waals surface area contributed by atoms with E-state index in [-0.39, 0.29) is 5.92 Å². The van der Waals surface area contributed by atoms with Gasteiger partial charge < -0.3 is 4.74 Å². The number of hydrogen-bond donors (Lipinski definition) is 1. The number of nitrogens with one attached hydrogen (secondary N) is 1. The van der Waals surface area contributed by atoms with Gasteiger partial charge in [-0.1, -0.05) is 36.4 Å². The van der Waals surface area contributed by atoms with Crippen molar-refractivity contribution in [1.29, 1.82) is 5.41 Å². The highest BCUT2D eigenvalue weighted by Gasteiger charge is 2.31. The molecule has 4 rings (SSSR count). The zero-order valence-electron chi connectivity index (χ0n) is 16.0. The summed E-state index contributed by atoms with van der Waals surface area (Å²) >= 11 is 3.23. The van der Waals surface area contributed by atoms with Gasteiger partial charge in [-0.05, 0) is 32.6 Å². The van der Waals surface area contributed by atoms with Crippen LogP contribution >= 0.6 is 23.1 Å². The van der Waals surface area contributed by atoms with E-state index in [0.717, 1.165) is 59.9 Å². The highest BCUT2D eigenvalue weighted by molar-refractivity contribution is 8.26. The van der Waals surface area contributed by atoms with Gasteiger partial charge in [-0.15, -0.1) is 10.2 Å². The van der Waals surface area contributed by atoms with Crippen LogP contribution in [0.1, 0.15) is 56.9 Å². The predicted molar refractivity (Wildman–Crippen MR) is 113 cm³/mol. The SMILES string of the molecule is CC(=Nc1nnc(C2CCCC(C3=NCC(C)C(=N)S3)C2)s1)C1CCOC1. The molecule has 1 N–H and O–H groups in total. The van der Waals surface area contributed by atoms with Crippen molar-refractivity contribution in [3.63, 3.8) is 0 Å². The molecule has 2 aliphatic heterocycles. The molecular formula is C19H27N5OS2. The van der Waals surface area contributed by atoms with Gasteiger partial charge in [-0.3, -0.25) is 10.4 Å². The van der Waals surface area contributed by atoms with Gasteiger partial charge in [0.1, 0.15) is 5.01 Å². The Morgan fingerprint density at radius 1 is 1.22 bits per heavy atom. The van der Waals surface area contributed by atoms with E-state index in [2.05, 4.69) is 24.0 Å². The third kappa shape index (κ3) is 4.49. The fraction of sp³-hybridized carbons (Fsp3) is 0.737. The van der Waals surface area contributed by atoms with Gasteiger partial charge in [-0.25, -0.2) is 4.99 Å². The molecule has 27 heavy (non-hydrogen) atoms. The summed E-state index contributed by atoms with van der Waals surface area (Å²) in [7, 11) is 0. The first kappa shape index (κ1) is 19.2. The van der Waals surface area contributed by atoms with Crippen LogP contribution in [-0.4, -0.2) is 45.8 Å². The van der Waals surface area contributed by atoms with Gasteiger partial charge in [0.2, 0.25) is 5.13 Å². The molecule has 1 aromatic heterocycles. The van der Waals surface area contributed by atoms with Gasteiger partial charge in [-0.2, -0.15) is 0 Å².